The Bertz CT molecular complexity index is 472. The topological polar surface area (TPSA) is 46.1 Å². The monoisotopic (exact) mass is 319 g/mol. The standard InChI is InChI=1S/C18H29N3O2/c1-4-16(23-17-8-6-5-7-9-17)12-20-18(19-2)21(3)13-15-10-11-22-14-15/h5-9,15-16H,4,10-14H2,1-3H3,(H,19,20). The summed E-state index contributed by atoms with van der Waals surface area (Å²) < 4.78 is 11.5. The van der Waals surface area contributed by atoms with Gasteiger partial charge in [0.05, 0.1) is 13.2 Å². The van der Waals surface area contributed by atoms with Gasteiger partial charge in [0.1, 0.15) is 11.9 Å². The van der Waals surface area contributed by atoms with Crippen LogP contribution in [0.3, 0.4) is 0 Å². The van der Waals surface area contributed by atoms with Crippen molar-refractivity contribution in [1.82, 2.24) is 10.2 Å². The summed E-state index contributed by atoms with van der Waals surface area (Å²) in [5.41, 5.74) is 0. The smallest absolute Gasteiger partial charge is 0.193 e. The van der Waals surface area contributed by atoms with Crippen LogP contribution in [0.5, 0.6) is 5.75 Å². The molecule has 1 aliphatic rings. The van der Waals surface area contributed by atoms with Crippen molar-refractivity contribution >= 4 is 5.96 Å². The molecule has 1 aromatic rings. The van der Waals surface area contributed by atoms with E-state index in [1.165, 1.54) is 0 Å². The lowest BCUT2D eigenvalue weighted by Crippen LogP contribution is -2.45. The molecule has 0 spiro atoms. The lowest BCUT2D eigenvalue weighted by molar-refractivity contribution is 0.180. The summed E-state index contributed by atoms with van der Waals surface area (Å²) in [5.74, 6) is 2.42. The van der Waals surface area contributed by atoms with E-state index in [9.17, 15) is 0 Å². The highest BCUT2D eigenvalue weighted by atomic mass is 16.5. The second-order valence-corrected chi connectivity index (χ2v) is 6.00. The molecular formula is C18H29N3O2. The molecule has 0 radical (unpaired) electrons. The van der Waals surface area contributed by atoms with E-state index in [2.05, 4.69) is 29.2 Å². The zero-order valence-electron chi connectivity index (χ0n) is 14.5. The summed E-state index contributed by atoms with van der Waals surface area (Å²) in [6.07, 6.45) is 2.20. The Morgan fingerprint density at radius 2 is 2.22 bits per heavy atom. The Morgan fingerprint density at radius 1 is 1.43 bits per heavy atom. The van der Waals surface area contributed by atoms with Gasteiger partial charge in [0.15, 0.2) is 5.96 Å². The first-order valence-electron chi connectivity index (χ1n) is 8.44. The molecule has 1 aromatic carbocycles. The van der Waals surface area contributed by atoms with E-state index in [1.54, 1.807) is 0 Å². The highest BCUT2D eigenvalue weighted by Crippen LogP contribution is 2.14. The fraction of sp³-hybridized carbons (Fsp3) is 0.611. The second kappa shape index (κ2) is 9.40. The summed E-state index contributed by atoms with van der Waals surface area (Å²) in [7, 11) is 3.90. The summed E-state index contributed by atoms with van der Waals surface area (Å²) in [6, 6.07) is 9.96. The van der Waals surface area contributed by atoms with Gasteiger partial charge in [-0.25, -0.2) is 0 Å². The van der Waals surface area contributed by atoms with Gasteiger partial charge in [0.25, 0.3) is 0 Å². The van der Waals surface area contributed by atoms with Crippen LogP contribution in [-0.2, 0) is 4.74 Å². The van der Waals surface area contributed by atoms with E-state index in [0.717, 1.165) is 50.9 Å². The van der Waals surface area contributed by atoms with Gasteiger partial charge in [-0.3, -0.25) is 4.99 Å². The normalized spacial score (nSPS) is 19.4. The Labute approximate surface area is 139 Å². The van der Waals surface area contributed by atoms with E-state index in [4.69, 9.17) is 9.47 Å². The van der Waals surface area contributed by atoms with E-state index in [0.29, 0.717) is 5.92 Å². The molecule has 1 fully saturated rings. The SMILES string of the molecule is CCC(CNC(=NC)N(C)CC1CCOC1)Oc1ccccc1. The number of rotatable bonds is 7. The summed E-state index contributed by atoms with van der Waals surface area (Å²) in [6.45, 7) is 5.58. The van der Waals surface area contributed by atoms with Crippen LogP contribution in [0, 0.1) is 5.92 Å². The minimum Gasteiger partial charge on any atom is -0.489 e. The third-order valence-corrected chi connectivity index (χ3v) is 4.12. The average molecular weight is 319 g/mol. The van der Waals surface area contributed by atoms with Crippen LogP contribution < -0.4 is 10.1 Å². The van der Waals surface area contributed by atoms with Crippen molar-refractivity contribution in [1.29, 1.82) is 0 Å². The number of nitrogens with one attached hydrogen (secondary N) is 1. The predicted octanol–water partition coefficient (Wildman–Crippen LogP) is 2.39. The maximum absolute atomic E-state index is 6.02. The van der Waals surface area contributed by atoms with Gasteiger partial charge < -0.3 is 19.7 Å². The van der Waals surface area contributed by atoms with E-state index in [1.807, 2.05) is 37.4 Å². The largest absolute Gasteiger partial charge is 0.489 e. The number of hydrogen-bond acceptors (Lipinski definition) is 3. The molecule has 128 valence electrons. The van der Waals surface area contributed by atoms with Crippen molar-refractivity contribution in [2.75, 3.05) is 40.4 Å². The molecule has 0 aliphatic carbocycles. The van der Waals surface area contributed by atoms with Gasteiger partial charge in [-0.1, -0.05) is 25.1 Å². The highest BCUT2D eigenvalue weighted by Gasteiger charge is 2.19. The molecule has 2 unspecified atom stereocenters. The molecule has 1 heterocycles. The third-order valence-electron chi connectivity index (χ3n) is 4.12. The zero-order chi connectivity index (χ0) is 16.5. The van der Waals surface area contributed by atoms with Crippen molar-refractivity contribution in [3.63, 3.8) is 0 Å². The molecule has 0 saturated carbocycles. The molecule has 5 nitrogen and oxygen atoms in total. The number of aliphatic imine (C=N–C) groups is 1. The van der Waals surface area contributed by atoms with Crippen LogP contribution in [-0.4, -0.2) is 57.4 Å². The molecule has 2 atom stereocenters. The molecule has 0 bridgehead atoms. The van der Waals surface area contributed by atoms with Gasteiger partial charge >= 0.3 is 0 Å². The van der Waals surface area contributed by atoms with E-state index < -0.39 is 0 Å². The van der Waals surface area contributed by atoms with Gasteiger partial charge in [-0.2, -0.15) is 0 Å². The predicted molar refractivity (Wildman–Crippen MR) is 94.1 cm³/mol. The minimum absolute atomic E-state index is 0.123. The number of para-hydroxylation sites is 1. The lowest BCUT2D eigenvalue weighted by atomic mass is 10.1. The van der Waals surface area contributed by atoms with Crippen molar-refractivity contribution in [3.05, 3.63) is 30.3 Å². The maximum Gasteiger partial charge on any atom is 0.193 e. The number of hydrogen-bond donors (Lipinski definition) is 1. The van der Waals surface area contributed by atoms with Crippen molar-refractivity contribution in [2.45, 2.75) is 25.9 Å². The number of guanidine groups is 1. The molecule has 1 N–H and O–H groups in total. The quantitative estimate of drug-likeness (QED) is 0.619. The summed E-state index contributed by atoms with van der Waals surface area (Å²) in [4.78, 5) is 6.55. The number of benzene rings is 1. The van der Waals surface area contributed by atoms with Crippen molar-refractivity contribution in [2.24, 2.45) is 10.9 Å². The molecule has 1 saturated heterocycles. The third kappa shape index (κ3) is 5.75. The van der Waals surface area contributed by atoms with Gasteiger partial charge in [0, 0.05) is 33.2 Å². The molecule has 23 heavy (non-hydrogen) atoms. The van der Waals surface area contributed by atoms with Gasteiger partial charge in [-0.15, -0.1) is 0 Å². The Morgan fingerprint density at radius 3 is 2.83 bits per heavy atom. The fourth-order valence-electron chi connectivity index (χ4n) is 2.75. The van der Waals surface area contributed by atoms with Crippen LogP contribution in [0.1, 0.15) is 19.8 Å². The minimum atomic E-state index is 0.123. The van der Waals surface area contributed by atoms with Crippen LogP contribution in [0.4, 0.5) is 0 Å². The number of ether oxygens (including phenoxy) is 2. The van der Waals surface area contributed by atoms with Crippen molar-refractivity contribution < 1.29 is 9.47 Å². The summed E-state index contributed by atoms with van der Waals surface area (Å²) >= 11 is 0. The lowest BCUT2D eigenvalue weighted by Gasteiger charge is -2.26. The molecule has 2 rings (SSSR count). The first kappa shape index (κ1) is 17.6. The first-order chi connectivity index (χ1) is 11.2. The maximum atomic E-state index is 6.02. The summed E-state index contributed by atoms with van der Waals surface area (Å²) in [5, 5.41) is 3.42. The van der Waals surface area contributed by atoms with Crippen molar-refractivity contribution in [3.8, 4) is 5.75 Å². The van der Waals surface area contributed by atoms with Crippen LogP contribution in [0.2, 0.25) is 0 Å². The van der Waals surface area contributed by atoms with Crippen LogP contribution in [0.25, 0.3) is 0 Å². The second-order valence-electron chi connectivity index (χ2n) is 6.00. The Kier molecular flexibility index (Phi) is 7.20. The molecular weight excluding hydrogens is 290 g/mol. The van der Waals surface area contributed by atoms with Crippen LogP contribution in [0.15, 0.2) is 35.3 Å². The van der Waals surface area contributed by atoms with Gasteiger partial charge in [0.2, 0.25) is 0 Å². The molecule has 0 aromatic heterocycles. The zero-order valence-corrected chi connectivity index (χ0v) is 14.5. The molecule has 1 aliphatic heterocycles. The molecule has 0 amide bonds. The first-order valence-corrected chi connectivity index (χ1v) is 8.44. The molecule has 5 heteroatoms. The average Bonchev–Trinajstić information content (AvgIpc) is 3.08. The highest BCUT2D eigenvalue weighted by molar-refractivity contribution is 5.79. The van der Waals surface area contributed by atoms with Gasteiger partial charge in [-0.05, 0) is 25.0 Å². The Hall–Kier alpha value is -1.75. The fourth-order valence-corrected chi connectivity index (χ4v) is 2.75. The van der Waals surface area contributed by atoms with Crippen LogP contribution >= 0.6 is 0 Å². The van der Waals surface area contributed by atoms with E-state index in [-0.39, 0.29) is 6.10 Å². The number of nitrogens with zero attached hydrogens (tertiary/aromatic N) is 2. The van der Waals surface area contributed by atoms with E-state index >= 15 is 0 Å². The Balaban J connectivity index is 1.80.